The Hall–Kier alpha value is -4.23. The van der Waals surface area contributed by atoms with Crippen LogP contribution in [0.4, 0.5) is 15.3 Å². The summed E-state index contributed by atoms with van der Waals surface area (Å²) in [5, 5.41) is 16.8. The number of imide groups is 1. The summed E-state index contributed by atoms with van der Waals surface area (Å²) in [6.45, 7) is 2.95. The molecule has 2 N–H and O–H groups in total. The van der Waals surface area contributed by atoms with Crippen molar-refractivity contribution in [3.05, 3.63) is 39.9 Å². The fourth-order valence-electron chi connectivity index (χ4n) is 4.40. The fraction of sp³-hybridized carbons (Fsp3) is 0.560. The molecule has 14 heteroatoms. The largest absolute Gasteiger partial charge is 0.449 e. The Labute approximate surface area is 225 Å². The fourth-order valence-corrected chi connectivity index (χ4v) is 4.40. The van der Waals surface area contributed by atoms with Crippen LogP contribution in [0.15, 0.2) is 24.3 Å². The van der Waals surface area contributed by atoms with Crippen LogP contribution in [-0.4, -0.2) is 77.1 Å². The molecule has 3 rings (SSSR count). The second kappa shape index (κ2) is 14.1. The summed E-state index contributed by atoms with van der Waals surface area (Å²) in [7, 11) is 0. The Morgan fingerprint density at radius 2 is 1.72 bits per heavy atom. The highest BCUT2D eigenvalue weighted by Gasteiger charge is 2.33. The number of nitrogens with one attached hydrogen (secondary N) is 2. The number of rotatable bonds is 12. The Morgan fingerprint density at radius 1 is 1.05 bits per heavy atom. The molecule has 0 aromatic heterocycles. The highest BCUT2D eigenvalue weighted by Crippen LogP contribution is 2.26. The van der Waals surface area contributed by atoms with E-state index < -0.39 is 40.9 Å². The van der Waals surface area contributed by atoms with Crippen molar-refractivity contribution < 1.29 is 38.5 Å². The maximum atomic E-state index is 13.0. The van der Waals surface area contributed by atoms with E-state index in [0.29, 0.717) is 36.6 Å². The van der Waals surface area contributed by atoms with Gasteiger partial charge in [0.25, 0.3) is 17.5 Å². The van der Waals surface area contributed by atoms with E-state index in [1.54, 1.807) is 30.0 Å². The van der Waals surface area contributed by atoms with Gasteiger partial charge in [-0.1, -0.05) is 25.1 Å². The lowest BCUT2D eigenvalue weighted by molar-refractivity contribution is -0.385. The van der Waals surface area contributed by atoms with Gasteiger partial charge in [0.2, 0.25) is 5.91 Å². The predicted octanol–water partition coefficient (Wildman–Crippen LogP) is 2.38. The summed E-state index contributed by atoms with van der Waals surface area (Å²) in [5.74, 6) is -1.82. The maximum Gasteiger partial charge on any atom is 0.432 e. The van der Waals surface area contributed by atoms with Crippen molar-refractivity contribution in [3.63, 3.8) is 0 Å². The molecule has 2 aliphatic heterocycles. The Kier molecular flexibility index (Phi) is 10.6. The zero-order valence-corrected chi connectivity index (χ0v) is 21.8. The Balaban J connectivity index is 1.46. The molecule has 0 saturated carbocycles. The number of amides is 5. The summed E-state index contributed by atoms with van der Waals surface area (Å²) in [6, 6.07) is 5.38. The molecular weight excluding hydrogens is 514 g/mol. The third kappa shape index (κ3) is 8.38. The van der Waals surface area contributed by atoms with Crippen LogP contribution in [0.2, 0.25) is 0 Å². The molecule has 0 spiro atoms. The van der Waals surface area contributed by atoms with Gasteiger partial charge in [-0.25, -0.2) is 9.59 Å². The van der Waals surface area contributed by atoms with E-state index in [9.17, 15) is 34.1 Å². The van der Waals surface area contributed by atoms with Crippen molar-refractivity contribution in [1.29, 1.82) is 0 Å². The molecule has 0 aliphatic carbocycles. The average Bonchev–Trinajstić information content (AvgIpc) is 3.57. The molecule has 2 saturated heterocycles. The van der Waals surface area contributed by atoms with Crippen LogP contribution in [0.3, 0.4) is 0 Å². The Bertz CT molecular complexity index is 1070. The minimum atomic E-state index is -0.933. The van der Waals surface area contributed by atoms with Gasteiger partial charge in [-0.15, -0.1) is 5.06 Å². The van der Waals surface area contributed by atoms with Crippen molar-refractivity contribution in [2.75, 3.05) is 26.2 Å². The highest BCUT2D eigenvalue weighted by molar-refractivity contribution is 6.01. The summed E-state index contributed by atoms with van der Waals surface area (Å²) in [4.78, 5) is 77.7. The van der Waals surface area contributed by atoms with Gasteiger partial charge >= 0.3 is 12.2 Å². The number of alkyl carbamates (subject to hydrolysis) is 1. The van der Waals surface area contributed by atoms with E-state index in [0.717, 1.165) is 12.8 Å². The van der Waals surface area contributed by atoms with E-state index in [-0.39, 0.29) is 44.0 Å². The van der Waals surface area contributed by atoms with Gasteiger partial charge in [0.05, 0.1) is 4.92 Å². The standard InChI is InChI=1S/C25H33N5O9/c1-17(18-8-2-3-10-20(18)30(36)37)16-38-25(35)27-19(23(33)28-14-6-7-15-28)9-4-5-13-26-24(34)39-29-21(31)11-12-22(29)32/h2-3,8,10,17,19H,4-7,9,11-16H2,1H3,(H,26,34)(H,27,35)/t17?,19-/m0/s1. The van der Waals surface area contributed by atoms with Crippen LogP contribution in [0.25, 0.3) is 0 Å². The van der Waals surface area contributed by atoms with E-state index in [1.807, 2.05) is 0 Å². The predicted molar refractivity (Wildman–Crippen MR) is 135 cm³/mol. The van der Waals surface area contributed by atoms with Crippen LogP contribution in [0.1, 0.15) is 63.4 Å². The zero-order chi connectivity index (χ0) is 28.4. The second-order valence-corrected chi connectivity index (χ2v) is 9.43. The molecule has 14 nitrogen and oxygen atoms in total. The van der Waals surface area contributed by atoms with Crippen molar-refractivity contribution in [1.82, 2.24) is 20.6 Å². The lowest BCUT2D eigenvalue weighted by Crippen LogP contribution is -2.48. The third-order valence-electron chi connectivity index (χ3n) is 6.51. The molecule has 0 radical (unpaired) electrons. The van der Waals surface area contributed by atoms with Crippen LogP contribution < -0.4 is 10.6 Å². The van der Waals surface area contributed by atoms with Gasteiger partial charge in [0, 0.05) is 50.0 Å². The summed E-state index contributed by atoms with van der Waals surface area (Å²) in [5.41, 5.74) is 0.372. The minimum Gasteiger partial charge on any atom is -0.449 e. The number of benzene rings is 1. The van der Waals surface area contributed by atoms with Crippen molar-refractivity contribution >= 4 is 35.6 Å². The normalized spacial score (nSPS) is 16.5. The zero-order valence-electron chi connectivity index (χ0n) is 21.8. The molecule has 2 heterocycles. The first-order valence-electron chi connectivity index (χ1n) is 12.9. The lowest BCUT2D eigenvalue weighted by atomic mass is 10.0. The maximum absolute atomic E-state index is 13.0. The summed E-state index contributed by atoms with van der Waals surface area (Å²) >= 11 is 0. The van der Waals surface area contributed by atoms with Crippen molar-refractivity contribution in [2.24, 2.45) is 0 Å². The van der Waals surface area contributed by atoms with Crippen LogP contribution in [0.5, 0.6) is 0 Å². The van der Waals surface area contributed by atoms with Gasteiger partial charge in [0.1, 0.15) is 12.6 Å². The number of nitrogens with zero attached hydrogens (tertiary/aromatic N) is 3. The van der Waals surface area contributed by atoms with Crippen LogP contribution in [-0.2, 0) is 24.0 Å². The summed E-state index contributed by atoms with van der Waals surface area (Å²) in [6.07, 6.45) is 1.19. The number of unbranched alkanes of at least 4 members (excludes halogenated alkanes) is 1. The van der Waals surface area contributed by atoms with E-state index in [2.05, 4.69) is 10.6 Å². The topological polar surface area (TPSA) is 177 Å². The number of hydroxylamine groups is 2. The number of nitro benzene ring substituents is 1. The minimum absolute atomic E-state index is 0.000921. The molecule has 5 amide bonds. The molecule has 2 atom stereocenters. The quantitative estimate of drug-likeness (QED) is 0.172. The van der Waals surface area contributed by atoms with Crippen LogP contribution in [0, 0.1) is 10.1 Å². The first-order chi connectivity index (χ1) is 18.7. The molecule has 212 valence electrons. The Morgan fingerprint density at radius 3 is 2.38 bits per heavy atom. The monoisotopic (exact) mass is 547 g/mol. The van der Waals surface area contributed by atoms with Gasteiger partial charge in [-0.2, -0.15) is 0 Å². The number of para-hydroxylation sites is 1. The smallest absolute Gasteiger partial charge is 0.432 e. The SMILES string of the molecule is CC(COC(=O)N[C@@H](CCCCNC(=O)ON1C(=O)CCC1=O)C(=O)N1CCCC1)c1ccccc1[N+](=O)[O-]. The third-order valence-corrected chi connectivity index (χ3v) is 6.51. The number of nitro groups is 1. The number of carbonyl (C=O) groups is 5. The van der Waals surface area contributed by atoms with Gasteiger partial charge in [0.15, 0.2) is 0 Å². The first kappa shape index (κ1) is 29.3. The van der Waals surface area contributed by atoms with Gasteiger partial charge in [-0.05, 0) is 32.1 Å². The molecule has 1 unspecified atom stereocenters. The lowest BCUT2D eigenvalue weighted by Gasteiger charge is -2.24. The van der Waals surface area contributed by atoms with E-state index in [4.69, 9.17) is 9.57 Å². The van der Waals surface area contributed by atoms with Crippen molar-refractivity contribution in [3.8, 4) is 0 Å². The van der Waals surface area contributed by atoms with E-state index >= 15 is 0 Å². The van der Waals surface area contributed by atoms with Gasteiger partial charge in [-0.3, -0.25) is 24.5 Å². The van der Waals surface area contributed by atoms with Gasteiger partial charge < -0.3 is 25.1 Å². The molecule has 1 aromatic carbocycles. The molecule has 39 heavy (non-hydrogen) atoms. The summed E-state index contributed by atoms with van der Waals surface area (Å²) < 4.78 is 5.30. The molecule has 0 bridgehead atoms. The number of hydrogen-bond acceptors (Lipinski definition) is 9. The van der Waals surface area contributed by atoms with Crippen molar-refractivity contribution in [2.45, 2.75) is 63.8 Å². The first-order valence-corrected chi connectivity index (χ1v) is 12.9. The van der Waals surface area contributed by atoms with E-state index in [1.165, 1.54) is 6.07 Å². The average molecular weight is 548 g/mol. The number of hydrogen-bond donors (Lipinski definition) is 2. The number of carbonyl (C=O) groups excluding carboxylic acids is 5. The molecule has 2 aliphatic rings. The number of likely N-dealkylation sites (tertiary alicyclic amines) is 1. The number of ether oxygens (including phenoxy) is 1. The molecular formula is C25H33N5O9. The second-order valence-electron chi connectivity index (χ2n) is 9.43. The molecule has 1 aromatic rings. The molecule has 2 fully saturated rings. The highest BCUT2D eigenvalue weighted by atomic mass is 16.7. The van der Waals surface area contributed by atoms with Crippen LogP contribution >= 0.6 is 0 Å².